The van der Waals surface area contributed by atoms with E-state index in [9.17, 15) is 18.4 Å². The highest BCUT2D eigenvalue weighted by Crippen LogP contribution is 2.12. The van der Waals surface area contributed by atoms with E-state index in [1.807, 2.05) is 0 Å². The van der Waals surface area contributed by atoms with Gasteiger partial charge in [-0.2, -0.15) is 0 Å². The number of carbonyl (C=O) groups excluding carboxylic acids is 1. The van der Waals surface area contributed by atoms with Crippen LogP contribution in [-0.4, -0.2) is 27.0 Å². The molecule has 0 radical (unpaired) electrons. The number of nitrogens with zero attached hydrogens (tertiary/aromatic N) is 2. The summed E-state index contributed by atoms with van der Waals surface area (Å²) in [5.74, 6) is -4.44. The highest BCUT2D eigenvalue weighted by molar-refractivity contribution is 6.06. The number of hydrogen-bond donors (Lipinski definition) is 2. The van der Waals surface area contributed by atoms with Crippen molar-refractivity contribution in [2.24, 2.45) is 0 Å². The zero-order valence-corrected chi connectivity index (χ0v) is 9.80. The average molecular weight is 279 g/mol. The van der Waals surface area contributed by atoms with Gasteiger partial charge in [0.25, 0.3) is 5.91 Å². The maximum absolute atomic E-state index is 13.0. The predicted octanol–water partition coefficient (Wildman–Crippen LogP) is 1.71. The number of nitrogens with one attached hydrogen (secondary N) is 1. The van der Waals surface area contributed by atoms with Crippen LogP contribution < -0.4 is 5.32 Å². The van der Waals surface area contributed by atoms with Crippen LogP contribution in [0.3, 0.4) is 0 Å². The van der Waals surface area contributed by atoms with Crippen LogP contribution in [0.25, 0.3) is 0 Å². The normalized spacial score (nSPS) is 10.1. The zero-order chi connectivity index (χ0) is 14.7. The molecule has 1 heterocycles. The summed E-state index contributed by atoms with van der Waals surface area (Å²) < 4.78 is 26.0. The van der Waals surface area contributed by atoms with Crippen molar-refractivity contribution >= 4 is 17.7 Å². The number of halogens is 2. The SMILES string of the molecule is O=C(Nc1nccnc1C(=O)O)c1cc(F)cc(F)c1. The zero-order valence-electron chi connectivity index (χ0n) is 9.80. The first-order chi connectivity index (χ1) is 9.47. The number of rotatable bonds is 3. The van der Waals surface area contributed by atoms with E-state index in [4.69, 9.17) is 5.11 Å². The van der Waals surface area contributed by atoms with Crippen LogP contribution in [0, 0.1) is 11.6 Å². The van der Waals surface area contributed by atoms with Crippen molar-refractivity contribution in [3.63, 3.8) is 0 Å². The molecule has 1 aromatic heterocycles. The molecule has 0 atom stereocenters. The van der Waals surface area contributed by atoms with Gasteiger partial charge in [-0.05, 0) is 12.1 Å². The number of hydrogen-bond acceptors (Lipinski definition) is 4. The van der Waals surface area contributed by atoms with Gasteiger partial charge in [0.2, 0.25) is 0 Å². The molecular formula is C12H7F2N3O3. The second-order valence-electron chi connectivity index (χ2n) is 3.67. The summed E-state index contributed by atoms with van der Waals surface area (Å²) >= 11 is 0. The Morgan fingerprint density at radius 1 is 1.05 bits per heavy atom. The highest BCUT2D eigenvalue weighted by atomic mass is 19.1. The second-order valence-corrected chi connectivity index (χ2v) is 3.67. The first-order valence-electron chi connectivity index (χ1n) is 5.29. The summed E-state index contributed by atoms with van der Waals surface area (Å²) in [5, 5.41) is 11.0. The van der Waals surface area contributed by atoms with Crippen LogP contribution >= 0.6 is 0 Å². The molecule has 1 amide bonds. The molecule has 0 unspecified atom stereocenters. The van der Waals surface area contributed by atoms with E-state index in [2.05, 4.69) is 15.3 Å². The van der Waals surface area contributed by atoms with E-state index in [-0.39, 0.29) is 11.4 Å². The lowest BCUT2D eigenvalue weighted by molar-refractivity contribution is 0.0691. The highest BCUT2D eigenvalue weighted by Gasteiger charge is 2.16. The molecule has 2 N–H and O–H groups in total. The number of carboxylic acid groups (broad SMARTS) is 1. The summed E-state index contributed by atoms with van der Waals surface area (Å²) in [5.41, 5.74) is -0.776. The first kappa shape index (κ1) is 13.5. The standard InChI is InChI=1S/C12H7F2N3O3/c13-7-3-6(4-8(14)5-7)11(18)17-10-9(12(19)20)15-1-2-16-10/h1-5H,(H,19,20)(H,16,17,18). The Hall–Kier alpha value is -2.90. The molecule has 0 spiro atoms. The molecule has 1 aromatic carbocycles. The van der Waals surface area contributed by atoms with E-state index in [0.717, 1.165) is 18.3 Å². The molecule has 0 aliphatic carbocycles. The predicted molar refractivity (Wildman–Crippen MR) is 63.3 cm³/mol. The number of anilines is 1. The molecule has 2 aromatic rings. The van der Waals surface area contributed by atoms with Gasteiger partial charge < -0.3 is 10.4 Å². The lowest BCUT2D eigenvalue weighted by Crippen LogP contribution is -2.17. The molecule has 0 fully saturated rings. The fraction of sp³-hybridized carbons (Fsp3) is 0. The van der Waals surface area contributed by atoms with Gasteiger partial charge in [0.15, 0.2) is 11.5 Å². The number of aromatic carboxylic acids is 1. The molecule has 20 heavy (non-hydrogen) atoms. The molecule has 2 rings (SSSR count). The largest absolute Gasteiger partial charge is 0.476 e. The molecule has 6 nitrogen and oxygen atoms in total. The Morgan fingerprint density at radius 3 is 2.25 bits per heavy atom. The average Bonchev–Trinajstić information content (AvgIpc) is 2.37. The number of aromatic nitrogens is 2. The Balaban J connectivity index is 2.30. The van der Waals surface area contributed by atoms with Crippen molar-refractivity contribution in [3.05, 3.63) is 53.5 Å². The minimum Gasteiger partial charge on any atom is -0.476 e. The van der Waals surface area contributed by atoms with Crippen LogP contribution in [0.2, 0.25) is 0 Å². The Kier molecular flexibility index (Phi) is 3.65. The lowest BCUT2D eigenvalue weighted by atomic mass is 10.2. The minimum absolute atomic E-state index is 0.301. The van der Waals surface area contributed by atoms with Crippen LogP contribution in [0.1, 0.15) is 20.8 Å². The van der Waals surface area contributed by atoms with E-state index in [1.54, 1.807) is 0 Å². The Morgan fingerprint density at radius 2 is 1.65 bits per heavy atom. The third kappa shape index (κ3) is 2.91. The number of carbonyl (C=O) groups is 2. The van der Waals surface area contributed by atoms with Crippen molar-refractivity contribution < 1.29 is 23.5 Å². The molecule has 0 aliphatic rings. The van der Waals surface area contributed by atoms with Gasteiger partial charge in [0, 0.05) is 24.0 Å². The molecule has 102 valence electrons. The third-order valence-electron chi connectivity index (χ3n) is 2.26. The molecular weight excluding hydrogens is 272 g/mol. The summed E-state index contributed by atoms with van der Waals surface area (Å²) in [6.07, 6.45) is 2.31. The minimum atomic E-state index is -1.39. The summed E-state index contributed by atoms with van der Waals surface area (Å²) in [4.78, 5) is 29.8. The van der Waals surface area contributed by atoms with E-state index < -0.39 is 29.2 Å². The summed E-state index contributed by atoms with van der Waals surface area (Å²) in [6.45, 7) is 0. The Labute approximate surface area is 111 Å². The smallest absolute Gasteiger partial charge is 0.358 e. The van der Waals surface area contributed by atoms with Gasteiger partial charge in [-0.3, -0.25) is 4.79 Å². The fourth-order valence-electron chi connectivity index (χ4n) is 1.45. The van der Waals surface area contributed by atoms with Crippen molar-refractivity contribution in [3.8, 4) is 0 Å². The van der Waals surface area contributed by atoms with Crippen LogP contribution in [0.4, 0.5) is 14.6 Å². The van der Waals surface area contributed by atoms with Crippen molar-refractivity contribution in [2.45, 2.75) is 0 Å². The second kappa shape index (κ2) is 5.39. The van der Waals surface area contributed by atoms with E-state index in [1.165, 1.54) is 6.20 Å². The summed E-state index contributed by atoms with van der Waals surface area (Å²) in [6, 6.07) is 2.24. The van der Waals surface area contributed by atoms with Crippen LogP contribution in [-0.2, 0) is 0 Å². The van der Waals surface area contributed by atoms with Crippen molar-refractivity contribution in [2.75, 3.05) is 5.32 Å². The fourth-order valence-corrected chi connectivity index (χ4v) is 1.45. The van der Waals surface area contributed by atoms with Crippen LogP contribution in [0.15, 0.2) is 30.6 Å². The lowest BCUT2D eigenvalue weighted by Gasteiger charge is -2.06. The van der Waals surface area contributed by atoms with Gasteiger partial charge in [-0.15, -0.1) is 0 Å². The van der Waals surface area contributed by atoms with Gasteiger partial charge in [-0.25, -0.2) is 23.5 Å². The number of amides is 1. The van der Waals surface area contributed by atoms with Gasteiger partial charge in [0.05, 0.1) is 0 Å². The van der Waals surface area contributed by atoms with Gasteiger partial charge in [-0.1, -0.05) is 0 Å². The first-order valence-corrected chi connectivity index (χ1v) is 5.29. The number of benzene rings is 1. The van der Waals surface area contributed by atoms with Gasteiger partial charge in [0.1, 0.15) is 11.6 Å². The van der Waals surface area contributed by atoms with Crippen molar-refractivity contribution in [1.29, 1.82) is 0 Å². The molecule has 8 heteroatoms. The summed E-state index contributed by atoms with van der Waals surface area (Å²) in [7, 11) is 0. The maximum Gasteiger partial charge on any atom is 0.358 e. The third-order valence-corrected chi connectivity index (χ3v) is 2.26. The maximum atomic E-state index is 13.0. The molecule has 0 aliphatic heterocycles. The molecule has 0 saturated heterocycles. The topological polar surface area (TPSA) is 92.2 Å². The van der Waals surface area contributed by atoms with Crippen LogP contribution in [0.5, 0.6) is 0 Å². The quantitative estimate of drug-likeness (QED) is 0.892. The van der Waals surface area contributed by atoms with E-state index >= 15 is 0 Å². The Bertz CT molecular complexity index is 671. The number of carboxylic acids is 1. The van der Waals surface area contributed by atoms with Gasteiger partial charge >= 0.3 is 5.97 Å². The van der Waals surface area contributed by atoms with E-state index in [0.29, 0.717) is 6.07 Å². The molecule has 0 saturated carbocycles. The monoisotopic (exact) mass is 279 g/mol. The van der Waals surface area contributed by atoms with Crippen molar-refractivity contribution in [1.82, 2.24) is 9.97 Å². The molecule has 0 bridgehead atoms.